The van der Waals surface area contributed by atoms with Crippen molar-refractivity contribution in [3.63, 3.8) is 0 Å². The third-order valence-corrected chi connectivity index (χ3v) is 6.98. The molecule has 1 fully saturated rings. The Labute approximate surface area is 215 Å². The molecule has 4 nitrogen and oxygen atoms in total. The van der Waals surface area contributed by atoms with E-state index in [9.17, 15) is 9.59 Å². The SMILES string of the molecule is CCOC(=O)/C=C/C1(C(=O)OCC)C(c2cc(Br)cc(Br)c2)C1c1cc(Br)cc(Br)c1. The molecular weight excluding hydrogens is 660 g/mol. The van der Waals surface area contributed by atoms with E-state index in [1.807, 2.05) is 36.4 Å². The fraction of sp³-hybridized carbons (Fsp3) is 0.304. The molecule has 31 heavy (non-hydrogen) atoms. The molecule has 0 amide bonds. The van der Waals surface area contributed by atoms with Crippen LogP contribution in [-0.4, -0.2) is 25.2 Å². The molecule has 0 bridgehead atoms. The summed E-state index contributed by atoms with van der Waals surface area (Å²) in [6, 6.07) is 11.9. The Balaban J connectivity index is 2.18. The second kappa shape index (κ2) is 10.3. The Morgan fingerprint density at radius 1 is 0.806 bits per heavy atom. The van der Waals surface area contributed by atoms with Crippen molar-refractivity contribution in [3.05, 3.63) is 77.6 Å². The van der Waals surface area contributed by atoms with E-state index in [-0.39, 0.29) is 31.0 Å². The van der Waals surface area contributed by atoms with Crippen molar-refractivity contribution in [2.45, 2.75) is 25.7 Å². The summed E-state index contributed by atoms with van der Waals surface area (Å²) >= 11 is 14.2. The summed E-state index contributed by atoms with van der Waals surface area (Å²) < 4.78 is 14.1. The largest absolute Gasteiger partial charge is 0.465 e. The van der Waals surface area contributed by atoms with E-state index in [1.54, 1.807) is 19.9 Å². The highest BCUT2D eigenvalue weighted by Gasteiger charge is 2.70. The summed E-state index contributed by atoms with van der Waals surface area (Å²) in [7, 11) is 0. The van der Waals surface area contributed by atoms with E-state index in [0.29, 0.717) is 0 Å². The van der Waals surface area contributed by atoms with E-state index >= 15 is 0 Å². The zero-order valence-corrected chi connectivity index (χ0v) is 23.2. The van der Waals surface area contributed by atoms with Crippen LogP contribution in [0.25, 0.3) is 0 Å². The lowest BCUT2D eigenvalue weighted by molar-refractivity contribution is -0.148. The standard InChI is InChI=1S/C23H20Br4O4/c1-3-30-19(28)5-6-23(22(29)31-4-2)20(13-7-15(24)11-16(25)8-13)21(23)14-9-17(26)12-18(27)10-14/h5-12,20-21H,3-4H2,1-2H3/b6-5+. The van der Waals surface area contributed by atoms with Gasteiger partial charge in [0.1, 0.15) is 5.41 Å². The maximum Gasteiger partial charge on any atom is 0.330 e. The fourth-order valence-corrected chi connectivity index (χ4v) is 6.69. The van der Waals surface area contributed by atoms with E-state index in [4.69, 9.17) is 9.47 Å². The molecule has 8 heteroatoms. The van der Waals surface area contributed by atoms with Crippen molar-refractivity contribution >= 4 is 75.7 Å². The van der Waals surface area contributed by atoms with Crippen LogP contribution >= 0.6 is 63.7 Å². The number of ether oxygens (including phenoxy) is 2. The van der Waals surface area contributed by atoms with Gasteiger partial charge >= 0.3 is 11.9 Å². The summed E-state index contributed by atoms with van der Waals surface area (Å²) in [6.45, 7) is 4.03. The van der Waals surface area contributed by atoms with Gasteiger partial charge in [0.25, 0.3) is 0 Å². The van der Waals surface area contributed by atoms with Gasteiger partial charge in [0.15, 0.2) is 0 Å². The molecule has 0 aliphatic heterocycles. The molecule has 3 rings (SSSR count). The molecule has 1 aliphatic carbocycles. The maximum atomic E-state index is 13.3. The first-order valence-electron chi connectivity index (χ1n) is 9.68. The van der Waals surface area contributed by atoms with Crippen LogP contribution in [0.5, 0.6) is 0 Å². The van der Waals surface area contributed by atoms with Crippen molar-refractivity contribution < 1.29 is 19.1 Å². The molecule has 0 heterocycles. The van der Waals surface area contributed by atoms with Crippen molar-refractivity contribution in [1.29, 1.82) is 0 Å². The van der Waals surface area contributed by atoms with E-state index in [1.165, 1.54) is 6.08 Å². The van der Waals surface area contributed by atoms with E-state index < -0.39 is 11.4 Å². The molecule has 2 aromatic carbocycles. The number of esters is 2. The Hall–Kier alpha value is -0.960. The average Bonchev–Trinajstić information content (AvgIpc) is 3.36. The van der Waals surface area contributed by atoms with Gasteiger partial charge in [0.2, 0.25) is 0 Å². The number of carbonyl (C=O) groups is 2. The lowest BCUT2D eigenvalue weighted by Gasteiger charge is -2.13. The first-order chi connectivity index (χ1) is 14.7. The number of rotatable bonds is 7. The topological polar surface area (TPSA) is 52.6 Å². The summed E-state index contributed by atoms with van der Waals surface area (Å²) in [5.41, 5.74) is 0.899. The summed E-state index contributed by atoms with van der Waals surface area (Å²) in [4.78, 5) is 25.4. The van der Waals surface area contributed by atoms with Crippen LogP contribution in [0.2, 0.25) is 0 Å². The number of benzene rings is 2. The molecule has 0 spiro atoms. The van der Waals surface area contributed by atoms with Gasteiger partial charge in [0.05, 0.1) is 13.2 Å². The number of carbonyl (C=O) groups excluding carboxylic acids is 2. The van der Waals surface area contributed by atoms with Gasteiger partial charge in [-0.15, -0.1) is 0 Å². The fourth-order valence-electron chi connectivity index (χ4n) is 4.03. The average molecular weight is 680 g/mol. The van der Waals surface area contributed by atoms with Crippen LogP contribution in [0.4, 0.5) is 0 Å². The lowest BCUT2D eigenvalue weighted by atomic mass is 9.96. The van der Waals surface area contributed by atoms with E-state index in [0.717, 1.165) is 29.0 Å². The van der Waals surface area contributed by atoms with Crippen molar-refractivity contribution in [2.24, 2.45) is 5.41 Å². The highest BCUT2D eigenvalue weighted by Crippen LogP contribution is 2.72. The Bertz CT molecular complexity index is 936. The second-order valence-electron chi connectivity index (χ2n) is 7.10. The monoisotopic (exact) mass is 676 g/mol. The molecular formula is C23H20Br4O4. The van der Waals surface area contributed by atoms with Gasteiger partial charge in [-0.3, -0.25) is 4.79 Å². The Kier molecular flexibility index (Phi) is 8.21. The highest BCUT2D eigenvalue weighted by atomic mass is 79.9. The first kappa shape index (κ1) is 24.7. The van der Waals surface area contributed by atoms with Crippen LogP contribution < -0.4 is 0 Å². The molecule has 0 N–H and O–H groups in total. The van der Waals surface area contributed by atoms with Gasteiger partial charge in [-0.1, -0.05) is 69.8 Å². The minimum Gasteiger partial charge on any atom is -0.465 e. The van der Waals surface area contributed by atoms with Gasteiger partial charge in [-0.25, -0.2) is 4.79 Å². The summed E-state index contributed by atoms with van der Waals surface area (Å²) in [5.74, 6) is -1.28. The number of hydrogen-bond donors (Lipinski definition) is 0. The molecule has 164 valence electrons. The van der Waals surface area contributed by atoms with Crippen LogP contribution in [0.15, 0.2) is 66.4 Å². The maximum absolute atomic E-state index is 13.3. The van der Waals surface area contributed by atoms with Crippen LogP contribution in [0.1, 0.15) is 36.8 Å². The number of halogens is 4. The van der Waals surface area contributed by atoms with Gasteiger partial charge in [0, 0.05) is 35.8 Å². The van der Waals surface area contributed by atoms with E-state index in [2.05, 4.69) is 63.7 Å². The molecule has 2 atom stereocenters. The molecule has 0 saturated heterocycles. The predicted molar refractivity (Wildman–Crippen MR) is 134 cm³/mol. The molecule has 2 unspecified atom stereocenters. The van der Waals surface area contributed by atoms with Crippen molar-refractivity contribution in [1.82, 2.24) is 0 Å². The molecule has 2 aromatic rings. The quantitative estimate of drug-likeness (QED) is 0.228. The Morgan fingerprint density at radius 2 is 1.23 bits per heavy atom. The highest BCUT2D eigenvalue weighted by molar-refractivity contribution is 9.11. The minimum absolute atomic E-state index is 0.216. The molecule has 0 radical (unpaired) electrons. The van der Waals surface area contributed by atoms with Gasteiger partial charge in [-0.2, -0.15) is 0 Å². The first-order valence-corrected chi connectivity index (χ1v) is 12.8. The number of hydrogen-bond acceptors (Lipinski definition) is 4. The van der Waals surface area contributed by atoms with Crippen LogP contribution in [-0.2, 0) is 19.1 Å². The predicted octanol–water partition coefficient (Wildman–Crippen LogP) is 7.29. The lowest BCUT2D eigenvalue weighted by Crippen LogP contribution is -2.21. The molecule has 0 aromatic heterocycles. The summed E-state index contributed by atoms with van der Waals surface area (Å²) in [5, 5.41) is 0. The smallest absolute Gasteiger partial charge is 0.330 e. The third-order valence-electron chi connectivity index (χ3n) is 5.15. The Morgan fingerprint density at radius 3 is 1.61 bits per heavy atom. The zero-order chi connectivity index (χ0) is 22.8. The third kappa shape index (κ3) is 5.34. The molecule has 1 aliphatic rings. The zero-order valence-electron chi connectivity index (χ0n) is 16.8. The van der Waals surface area contributed by atoms with Crippen LogP contribution in [0.3, 0.4) is 0 Å². The second-order valence-corrected chi connectivity index (χ2v) is 10.8. The molecule has 1 saturated carbocycles. The minimum atomic E-state index is -1.02. The van der Waals surface area contributed by atoms with Gasteiger partial charge < -0.3 is 9.47 Å². The van der Waals surface area contributed by atoms with Crippen molar-refractivity contribution in [3.8, 4) is 0 Å². The van der Waals surface area contributed by atoms with Gasteiger partial charge in [-0.05, 0) is 61.4 Å². The van der Waals surface area contributed by atoms with Crippen LogP contribution in [0, 0.1) is 5.41 Å². The van der Waals surface area contributed by atoms with Crippen molar-refractivity contribution in [2.75, 3.05) is 13.2 Å². The normalized spacial score (nSPS) is 22.4. The summed E-state index contributed by atoms with van der Waals surface area (Å²) in [6.07, 6.45) is 3.00.